The van der Waals surface area contributed by atoms with Crippen molar-refractivity contribution in [3.63, 3.8) is 0 Å². The summed E-state index contributed by atoms with van der Waals surface area (Å²) < 4.78 is 5.43. The van der Waals surface area contributed by atoms with E-state index in [2.05, 4.69) is 44.2 Å². The van der Waals surface area contributed by atoms with Crippen LogP contribution in [0.15, 0.2) is 48.5 Å². The molecule has 0 saturated carbocycles. The van der Waals surface area contributed by atoms with Crippen molar-refractivity contribution in [1.82, 2.24) is 0 Å². The summed E-state index contributed by atoms with van der Waals surface area (Å²) in [4.78, 5) is 12.3. The highest BCUT2D eigenvalue weighted by Crippen LogP contribution is 2.23. The summed E-state index contributed by atoms with van der Waals surface area (Å²) in [6.07, 6.45) is 10.7. The van der Waals surface area contributed by atoms with Gasteiger partial charge in [-0.05, 0) is 48.1 Å². The molecule has 0 unspecified atom stereocenters. The van der Waals surface area contributed by atoms with E-state index in [0.29, 0.717) is 12.2 Å². The van der Waals surface area contributed by atoms with Gasteiger partial charge in [-0.25, -0.2) is 4.79 Å². The molecular weight excluding hydrogens is 332 g/mol. The summed E-state index contributed by atoms with van der Waals surface area (Å²) in [7, 11) is 0. The number of aryl methyl sites for hydroxylation is 1. The number of carbonyl (C=O) groups is 1. The van der Waals surface area contributed by atoms with Gasteiger partial charge in [-0.15, -0.1) is 0 Å². The lowest BCUT2D eigenvalue weighted by Gasteiger charge is -2.08. The molecule has 0 atom stereocenters. The molecule has 0 amide bonds. The van der Waals surface area contributed by atoms with Crippen molar-refractivity contribution in [2.75, 3.05) is 6.61 Å². The lowest BCUT2D eigenvalue weighted by molar-refractivity contribution is 0.0498. The summed E-state index contributed by atoms with van der Waals surface area (Å²) in [5.74, 6) is -0.218. The summed E-state index contributed by atoms with van der Waals surface area (Å²) in [6.45, 7) is 4.93. The van der Waals surface area contributed by atoms with Crippen molar-refractivity contribution in [3.05, 3.63) is 59.7 Å². The van der Waals surface area contributed by atoms with E-state index < -0.39 is 0 Å². The molecule has 146 valence electrons. The number of carbonyl (C=O) groups excluding carboxylic acids is 1. The van der Waals surface area contributed by atoms with Gasteiger partial charge in [0.15, 0.2) is 0 Å². The van der Waals surface area contributed by atoms with Crippen LogP contribution in [0.4, 0.5) is 0 Å². The van der Waals surface area contributed by atoms with Gasteiger partial charge in [-0.1, -0.05) is 88.8 Å². The Bertz CT molecular complexity index is 690. The van der Waals surface area contributed by atoms with E-state index in [-0.39, 0.29) is 5.97 Å². The summed E-state index contributed by atoms with van der Waals surface area (Å²) in [6, 6.07) is 16.5. The summed E-state index contributed by atoms with van der Waals surface area (Å²) in [5, 5.41) is 0. The van der Waals surface area contributed by atoms with E-state index >= 15 is 0 Å². The third-order valence-corrected chi connectivity index (χ3v) is 4.91. The molecule has 0 spiro atoms. The lowest BCUT2D eigenvalue weighted by Crippen LogP contribution is -2.06. The predicted octanol–water partition coefficient (Wildman–Crippen LogP) is 7.21. The fourth-order valence-corrected chi connectivity index (χ4v) is 3.27. The maximum absolute atomic E-state index is 12.3. The van der Waals surface area contributed by atoms with E-state index in [4.69, 9.17) is 4.74 Å². The van der Waals surface area contributed by atoms with Crippen LogP contribution in [0.1, 0.15) is 81.1 Å². The van der Waals surface area contributed by atoms with Crippen LogP contribution in [0.3, 0.4) is 0 Å². The SMILES string of the molecule is CCCCCCOC(=O)c1cccc(-c2cccc(CCCCCC)c2)c1. The van der Waals surface area contributed by atoms with E-state index in [1.807, 2.05) is 18.2 Å². The number of rotatable bonds is 12. The van der Waals surface area contributed by atoms with Crippen LogP contribution in [0.25, 0.3) is 11.1 Å². The van der Waals surface area contributed by atoms with Gasteiger partial charge < -0.3 is 4.74 Å². The standard InChI is InChI=1S/C25H34O2/c1-3-5-7-9-13-21-14-11-15-22(19-21)23-16-12-17-24(20-23)25(26)27-18-10-8-6-4-2/h11-12,14-17,19-20H,3-10,13,18H2,1-2H3. The first kappa shape index (κ1) is 21.2. The molecule has 0 N–H and O–H groups in total. The molecule has 0 heterocycles. The molecule has 0 aliphatic carbocycles. The van der Waals surface area contributed by atoms with Gasteiger partial charge in [-0.2, -0.15) is 0 Å². The van der Waals surface area contributed by atoms with Gasteiger partial charge in [0.1, 0.15) is 0 Å². The maximum Gasteiger partial charge on any atom is 0.338 e. The molecule has 0 aromatic heterocycles. The van der Waals surface area contributed by atoms with Gasteiger partial charge in [0.2, 0.25) is 0 Å². The molecular formula is C25H34O2. The average molecular weight is 367 g/mol. The Morgan fingerprint density at radius 1 is 0.778 bits per heavy atom. The minimum atomic E-state index is -0.218. The van der Waals surface area contributed by atoms with Crippen LogP contribution < -0.4 is 0 Å². The predicted molar refractivity (Wildman–Crippen MR) is 114 cm³/mol. The number of benzene rings is 2. The first-order valence-electron chi connectivity index (χ1n) is 10.6. The molecule has 0 aliphatic rings. The van der Waals surface area contributed by atoms with Crippen molar-refractivity contribution >= 4 is 5.97 Å². The van der Waals surface area contributed by atoms with Crippen LogP contribution in [0.2, 0.25) is 0 Å². The van der Waals surface area contributed by atoms with Crippen molar-refractivity contribution in [1.29, 1.82) is 0 Å². The quantitative estimate of drug-likeness (QED) is 0.293. The monoisotopic (exact) mass is 366 g/mol. The topological polar surface area (TPSA) is 26.3 Å². The normalized spacial score (nSPS) is 10.7. The first-order chi connectivity index (χ1) is 13.2. The van der Waals surface area contributed by atoms with Gasteiger partial charge in [0, 0.05) is 0 Å². The Morgan fingerprint density at radius 3 is 2.19 bits per heavy atom. The molecule has 0 aliphatic heterocycles. The minimum Gasteiger partial charge on any atom is -0.462 e. The van der Waals surface area contributed by atoms with Gasteiger partial charge >= 0.3 is 5.97 Å². The Kier molecular flexibility index (Phi) is 9.68. The zero-order valence-corrected chi connectivity index (χ0v) is 17.0. The molecule has 0 saturated heterocycles. The summed E-state index contributed by atoms with van der Waals surface area (Å²) in [5.41, 5.74) is 4.25. The van der Waals surface area contributed by atoms with Crippen LogP contribution in [-0.2, 0) is 11.2 Å². The van der Waals surface area contributed by atoms with Crippen LogP contribution >= 0.6 is 0 Å². The Hall–Kier alpha value is -2.09. The zero-order valence-electron chi connectivity index (χ0n) is 17.0. The number of hydrogen-bond acceptors (Lipinski definition) is 2. The third-order valence-electron chi connectivity index (χ3n) is 4.91. The minimum absolute atomic E-state index is 0.218. The smallest absolute Gasteiger partial charge is 0.338 e. The fraction of sp³-hybridized carbons (Fsp3) is 0.480. The van der Waals surface area contributed by atoms with Crippen LogP contribution in [0.5, 0.6) is 0 Å². The molecule has 2 aromatic carbocycles. The Balaban J connectivity index is 1.96. The lowest BCUT2D eigenvalue weighted by atomic mass is 9.99. The van der Waals surface area contributed by atoms with E-state index in [1.165, 1.54) is 49.7 Å². The second-order valence-electron chi connectivity index (χ2n) is 7.29. The number of esters is 1. The average Bonchev–Trinajstić information content (AvgIpc) is 2.71. The Morgan fingerprint density at radius 2 is 1.44 bits per heavy atom. The highest BCUT2D eigenvalue weighted by Gasteiger charge is 2.09. The van der Waals surface area contributed by atoms with Gasteiger partial charge in [0.25, 0.3) is 0 Å². The van der Waals surface area contributed by atoms with Crippen LogP contribution in [0, 0.1) is 0 Å². The molecule has 27 heavy (non-hydrogen) atoms. The van der Waals surface area contributed by atoms with Crippen molar-refractivity contribution in [2.45, 2.75) is 71.6 Å². The van der Waals surface area contributed by atoms with Crippen molar-refractivity contribution < 1.29 is 9.53 Å². The molecule has 2 aromatic rings. The van der Waals surface area contributed by atoms with E-state index in [1.54, 1.807) is 0 Å². The second kappa shape index (κ2) is 12.3. The molecule has 0 radical (unpaired) electrons. The number of ether oxygens (including phenoxy) is 1. The van der Waals surface area contributed by atoms with E-state index in [9.17, 15) is 4.79 Å². The van der Waals surface area contributed by atoms with E-state index in [0.717, 1.165) is 24.8 Å². The van der Waals surface area contributed by atoms with Gasteiger partial charge in [-0.3, -0.25) is 0 Å². The number of unbranched alkanes of at least 4 members (excludes halogenated alkanes) is 6. The highest BCUT2D eigenvalue weighted by atomic mass is 16.5. The van der Waals surface area contributed by atoms with Gasteiger partial charge in [0.05, 0.1) is 12.2 Å². The van der Waals surface area contributed by atoms with Crippen molar-refractivity contribution in [3.8, 4) is 11.1 Å². The molecule has 2 heteroatoms. The number of hydrogen-bond donors (Lipinski definition) is 0. The third kappa shape index (κ3) is 7.58. The zero-order chi connectivity index (χ0) is 19.3. The Labute approximate surface area is 165 Å². The molecule has 2 nitrogen and oxygen atoms in total. The molecule has 0 fully saturated rings. The highest BCUT2D eigenvalue weighted by molar-refractivity contribution is 5.91. The van der Waals surface area contributed by atoms with Crippen LogP contribution in [-0.4, -0.2) is 12.6 Å². The molecule has 2 rings (SSSR count). The first-order valence-corrected chi connectivity index (χ1v) is 10.6. The summed E-state index contributed by atoms with van der Waals surface area (Å²) >= 11 is 0. The second-order valence-corrected chi connectivity index (χ2v) is 7.29. The largest absolute Gasteiger partial charge is 0.462 e. The molecule has 0 bridgehead atoms. The maximum atomic E-state index is 12.3. The van der Waals surface area contributed by atoms with Crippen molar-refractivity contribution in [2.24, 2.45) is 0 Å². The fourth-order valence-electron chi connectivity index (χ4n) is 3.27.